The van der Waals surface area contributed by atoms with Crippen molar-refractivity contribution in [2.45, 2.75) is 52.8 Å². The molecule has 0 aliphatic heterocycles. The molecule has 0 aliphatic rings. The molecular weight excluding hydrogens is 269 g/mol. The van der Waals surface area contributed by atoms with E-state index in [1.54, 1.807) is 0 Å². The van der Waals surface area contributed by atoms with Crippen molar-refractivity contribution in [3.63, 3.8) is 0 Å². The maximum Gasteiger partial charge on any atom is 0.401 e. The van der Waals surface area contributed by atoms with Gasteiger partial charge in [-0.05, 0) is 11.8 Å². The average molecular weight is 298 g/mol. The molecule has 3 nitrogen and oxygen atoms in total. The summed E-state index contributed by atoms with van der Waals surface area (Å²) in [5, 5.41) is 12.3. The summed E-state index contributed by atoms with van der Waals surface area (Å²) in [5.74, 6) is 0. The predicted octanol–water partition coefficient (Wildman–Crippen LogP) is 2.65. The van der Waals surface area contributed by atoms with Gasteiger partial charge in [-0.3, -0.25) is 4.90 Å². The summed E-state index contributed by atoms with van der Waals surface area (Å²) < 4.78 is 37.7. The fourth-order valence-corrected chi connectivity index (χ4v) is 2.43. The lowest BCUT2D eigenvalue weighted by atomic mass is 9.84. The van der Waals surface area contributed by atoms with Crippen LogP contribution in [-0.2, 0) is 0 Å². The zero-order valence-electron chi connectivity index (χ0n) is 13.1. The van der Waals surface area contributed by atoms with Gasteiger partial charge >= 0.3 is 6.18 Å². The van der Waals surface area contributed by atoms with E-state index in [9.17, 15) is 13.2 Å². The molecule has 1 atom stereocenters. The molecule has 0 spiro atoms. The number of rotatable bonds is 10. The summed E-state index contributed by atoms with van der Waals surface area (Å²) in [5.41, 5.74) is -0.223. The van der Waals surface area contributed by atoms with Gasteiger partial charge in [0.25, 0.3) is 0 Å². The highest BCUT2D eigenvalue weighted by Gasteiger charge is 2.34. The molecule has 0 aromatic heterocycles. The Morgan fingerprint density at radius 3 is 2.20 bits per heavy atom. The van der Waals surface area contributed by atoms with E-state index in [4.69, 9.17) is 5.11 Å². The Balaban J connectivity index is 4.70. The monoisotopic (exact) mass is 298 g/mol. The number of hydrogen-bond donors (Lipinski definition) is 2. The Kier molecular flexibility index (Phi) is 8.70. The van der Waals surface area contributed by atoms with Crippen LogP contribution >= 0.6 is 0 Å². The fourth-order valence-electron chi connectivity index (χ4n) is 2.43. The van der Waals surface area contributed by atoms with Crippen molar-refractivity contribution in [1.29, 1.82) is 0 Å². The first-order chi connectivity index (χ1) is 9.12. The van der Waals surface area contributed by atoms with Crippen molar-refractivity contribution in [2.24, 2.45) is 5.41 Å². The van der Waals surface area contributed by atoms with E-state index >= 15 is 0 Å². The first-order valence-corrected chi connectivity index (χ1v) is 7.25. The highest BCUT2D eigenvalue weighted by molar-refractivity contribution is 4.82. The minimum atomic E-state index is -4.23. The first-order valence-electron chi connectivity index (χ1n) is 7.25. The van der Waals surface area contributed by atoms with Crippen LogP contribution in [0, 0.1) is 5.41 Å². The molecular formula is C14H29F3N2O. The van der Waals surface area contributed by atoms with Gasteiger partial charge in [-0.15, -0.1) is 0 Å². The molecule has 0 aromatic rings. The number of alkyl halides is 3. The van der Waals surface area contributed by atoms with Crippen LogP contribution in [0.25, 0.3) is 0 Å². The summed E-state index contributed by atoms with van der Waals surface area (Å²) in [6, 6.07) is 0.306. The van der Waals surface area contributed by atoms with Crippen molar-refractivity contribution >= 4 is 0 Å². The quantitative estimate of drug-likeness (QED) is 0.651. The van der Waals surface area contributed by atoms with Gasteiger partial charge < -0.3 is 10.4 Å². The van der Waals surface area contributed by atoms with Crippen molar-refractivity contribution in [2.75, 3.05) is 32.8 Å². The minimum Gasteiger partial charge on any atom is -0.395 e. The number of aliphatic hydroxyl groups excluding tert-OH is 1. The fraction of sp³-hybridized carbons (Fsp3) is 1.00. The van der Waals surface area contributed by atoms with E-state index < -0.39 is 12.7 Å². The second-order valence-electron chi connectivity index (χ2n) is 6.15. The van der Waals surface area contributed by atoms with Crippen LogP contribution in [0.1, 0.15) is 40.5 Å². The molecule has 0 rings (SSSR count). The Hall–Kier alpha value is -0.330. The van der Waals surface area contributed by atoms with Crippen LogP contribution in [0.15, 0.2) is 0 Å². The van der Waals surface area contributed by atoms with E-state index in [1.807, 2.05) is 27.7 Å². The number of hydrogen-bond acceptors (Lipinski definition) is 3. The lowest BCUT2D eigenvalue weighted by Gasteiger charge is -2.36. The highest BCUT2D eigenvalue weighted by atomic mass is 19.4. The smallest absolute Gasteiger partial charge is 0.395 e. The Bertz CT molecular complexity index is 259. The minimum absolute atomic E-state index is 0.0560. The molecule has 2 N–H and O–H groups in total. The molecule has 122 valence electrons. The molecule has 0 bridgehead atoms. The summed E-state index contributed by atoms with van der Waals surface area (Å²) in [6.07, 6.45) is -2.45. The van der Waals surface area contributed by atoms with Crippen molar-refractivity contribution in [1.82, 2.24) is 10.2 Å². The zero-order chi connectivity index (χ0) is 15.8. The lowest BCUT2D eigenvalue weighted by molar-refractivity contribution is -0.149. The van der Waals surface area contributed by atoms with Crippen LogP contribution in [-0.4, -0.2) is 55.0 Å². The molecule has 0 fully saturated rings. The summed E-state index contributed by atoms with van der Waals surface area (Å²) in [6.45, 7) is 7.94. The summed E-state index contributed by atoms with van der Waals surface area (Å²) in [4.78, 5) is 1.30. The van der Waals surface area contributed by atoms with Gasteiger partial charge in [0.1, 0.15) is 0 Å². The third kappa shape index (κ3) is 9.55. The van der Waals surface area contributed by atoms with Crippen LogP contribution in [0.3, 0.4) is 0 Å². The maximum absolute atomic E-state index is 12.6. The lowest BCUT2D eigenvalue weighted by Crippen LogP contribution is -2.47. The number of nitrogens with one attached hydrogen (secondary N) is 1. The van der Waals surface area contributed by atoms with E-state index in [1.165, 1.54) is 4.90 Å². The highest BCUT2D eigenvalue weighted by Crippen LogP contribution is 2.26. The normalized spacial score (nSPS) is 15.9. The number of nitrogens with zero attached hydrogens (tertiary/aromatic N) is 1. The number of aliphatic hydroxyl groups is 1. The van der Waals surface area contributed by atoms with Crippen molar-refractivity contribution < 1.29 is 18.3 Å². The third-order valence-corrected chi connectivity index (χ3v) is 3.22. The maximum atomic E-state index is 12.6. The average Bonchev–Trinajstić information content (AvgIpc) is 2.25. The molecule has 20 heavy (non-hydrogen) atoms. The largest absolute Gasteiger partial charge is 0.401 e. The molecule has 0 saturated carbocycles. The van der Waals surface area contributed by atoms with Crippen LogP contribution in [0.5, 0.6) is 0 Å². The second-order valence-corrected chi connectivity index (χ2v) is 6.15. The van der Waals surface area contributed by atoms with Crippen LogP contribution in [0.4, 0.5) is 13.2 Å². The first kappa shape index (κ1) is 19.7. The number of halogens is 3. The molecule has 0 saturated heterocycles. The summed E-state index contributed by atoms with van der Waals surface area (Å²) in [7, 11) is 0. The Labute approximate surface area is 120 Å². The SMILES string of the molecule is CCCC(C)(CNC(C)C)CN(CCO)CC(F)(F)F. The topological polar surface area (TPSA) is 35.5 Å². The molecule has 6 heteroatoms. The van der Waals surface area contributed by atoms with E-state index in [0.29, 0.717) is 19.1 Å². The second kappa shape index (κ2) is 8.85. The van der Waals surface area contributed by atoms with Crippen LogP contribution < -0.4 is 5.32 Å². The molecule has 0 aliphatic carbocycles. The van der Waals surface area contributed by atoms with E-state index in [-0.39, 0.29) is 18.6 Å². The van der Waals surface area contributed by atoms with Gasteiger partial charge in [0.05, 0.1) is 13.2 Å². The predicted molar refractivity (Wildman–Crippen MR) is 75.7 cm³/mol. The third-order valence-electron chi connectivity index (χ3n) is 3.22. The van der Waals surface area contributed by atoms with Gasteiger partial charge in [-0.25, -0.2) is 0 Å². The molecule has 1 unspecified atom stereocenters. The Morgan fingerprint density at radius 2 is 1.80 bits per heavy atom. The standard InChI is InChI=1S/C14H29F3N2O/c1-5-6-13(4,9-18-12(2)3)10-19(7-8-20)11-14(15,16)17/h12,18,20H,5-11H2,1-4H3. The van der Waals surface area contributed by atoms with E-state index in [2.05, 4.69) is 5.32 Å². The van der Waals surface area contributed by atoms with Crippen molar-refractivity contribution in [3.8, 4) is 0 Å². The zero-order valence-corrected chi connectivity index (χ0v) is 13.1. The van der Waals surface area contributed by atoms with Crippen molar-refractivity contribution in [3.05, 3.63) is 0 Å². The molecule has 0 radical (unpaired) electrons. The van der Waals surface area contributed by atoms with E-state index in [0.717, 1.165) is 12.8 Å². The molecule has 0 heterocycles. The van der Waals surface area contributed by atoms with Crippen LogP contribution in [0.2, 0.25) is 0 Å². The molecule has 0 amide bonds. The molecule has 0 aromatic carbocycles. The van der Waals surface area contributed by atoms with Gasteiger partial charge in [0.2, 0.25) is 0 Å². The summed E-state index contributed by atoms with van der Waals surface area (Å²) >= 11 is 0. The Morgan fingerprint density at radius 1 is 1.20 bits per heavy atom. The van der Waals surface area contributed by atoms with Gasteiger partial charge in [0, 0.05) is 25.7 Å². The van der Waals surface area contributed by atoms with Gasteiger partial charge in [-0.1, -0.05) is 34.1 Å². The van der Waals surface area contributed by atoms with Gasteiger partial charge in [-0.2, -0.15) is 13.2 Å². The van der Waals surface area contributed by atoms with Gasteiger partial charge in [0.15, 0.2) is 0 Å².